The van der Waals surface area contributed by atoms with Crippen LogP contribution >= 0.6 is 0 Å². The highest BCUT2D eigenvalue weighted by Gasteiger charge is 2.50. The summed E-state index contributed by atoms with van der Waals surface area (Å²) in [7, 11) is 0. The number of carbonyl (C=O) groups is 1. The second kappa shape index (κ2) is 5.26. The summed E-state index contributed by atoms with van der Waals surface area (Å²) in [6.45, 7) is 1.04. The molecule has 1 N–H and O–H groups in total. The molecule has 0 spiro atoms. The number of aliphatic hydroxyl groups is 1. The van der Waals surface area contributed by atoms with Crippen LogP contribution in [0.2, 0.25) is 0 Å². The minimum absolute atomic E-state index is 0.141. The van der Waals surface area contributed by atoms with Gasteiger partial charge in [-0.2, -0.15) is 18.4 Å². The number of benzene rings is 1. The van der Waals surface area contributed by atoms with E-state index in [1.54, 1.807) is 6.92 Å². The molecule has 0 unspecified atom stereocenters. The fourth-order valence-corrected chi connectivity index (χ4v) is 2.11. The smallest absolute Gasteiger partial charge is 0.416 e. The van der Waals surface area contributed by atoms with Crippen molar-refractivity contribution in [3.8, 4) is 6.07 Å². The summed E-state index contributed by atoms with van der Waals surface area (Å²) in [5.74, 6) is 0. The van der Waals surface area contributed by atoms with E-state index in [1.165, 1.54) is 18.2 Å². The van der Waals surface area contributed by atoms with Crippen LogP contribution in [-0.2, 0) is 4.74 Å². The van der Waals surface area contributed by atoms with Crippen molar-refractivity contribution >= 4 is 11.8 Å². The number of rotatable bonds is 2. The van der Waals surface area contributed by atoms with Crippen LogP contribution in [0.4, 0.5) is 23.7 Å². The monoisotopic (exact) mass is 300 g/mol. The standard InChI is InChI=1S/C13H11F3N2O3/c1-7-4-9(3-2-8(7)5-17)18-10(6-21-12(18)20)11(19)13(14,15)16/h2-4,10-11,19H,6H2,1H3/t10-,11+/m0/s1. The second-order valence-electron chi connectivity index (χ2n) is 4.61. The van der Waals surface area contributed by atoms with E-state index in [4.69, 9.17) is 5.26 Å². The summed E-state index contributed by atoms with van der Waals surface area (Å²) >= 11 is 0. The van der Waals surface area contributed by atoms with E-state index in [1.807, 2.05) is 6.07 Å². The zero-order chi connectivity index (χ0) is 15.8. The number of nitriles is 1. The Morgan fingerprint density at radius 3 is 2.71 bits per heavy atom. The van der Waals surface area contributed by atoms with Gasteiger partial charge < -0.3 is 9.84 Å². The van der Waals surface area contributed by atoms with E-state index < -0.39 is 31.0 Å². The summed E-state index contributed by atoms with van der Waals surface area (Å²) in [6.07, 6.45) is -8.54. The number of aliphatic hydroxyl groups excluding tert-OH is 1. The third-order valence-corrected chi connectivity index (χ3v) is 3.21. The molecular formula is C13H11F3N2O3. The average Bonchev–Trinajstić information content (AvgIpc) is 2.78. The molecular weight excluding hydrogens is 289 g/mol. The Balaban J connectivity index is 2.38. The van der Waals surface area contributed by atoms with Gasteiger partial charge in [0.15, 0.2) is 6.10 Å². The molecule has 1 aromatic rings. The number of amides is 1. The van der Waals surface area contributed by atoms with Gasteiger partial charge in [0.1, 0.15) is 12.6 Å². The number of hydrogen-bond acceptors (Lipinski definition) is 4. The van der Waals surface area contributed by atoms with Crippen LogP contribution in [0, 0.1) is 18.3 Å². The van der Waals surface area contributed by atoms with Crippen LogP contribution in [-0.4, -0.2) is 36.1 Å². The Kier molecular flexibility index (Phi) is 3.78. The van der Waals surface area contributed by atoms with E-state index >= 15 is 0 Å². The van der Waals surface area contributed by atoms with Crippen LogP contribution < -0.4 is 4.90 Å². The first kappa shape index (κ1) is 15.1. The molecule has 1 saturated heterocycles. The molecule has 1 heterocycles. The summed E-state index contributed by atoms with van der Waals surface area (Å²) in [4.78, 5) is 12.4. The lowest BCUT2D eigenvalue weighted by Gasteiger charge is -2.27. The molecule has 1 aromatic carbocycles. The number of anilines is 1. The number of carbonyl (C=O) groups excluding carboxylic acids is 1. The molecule has 1 aliphatic heterocycles. The first-order chi connectivity index (χ1) is 9.75. The maximum atomic E-state index is 12.6. The maximum absolute atomic E-state index is 12.6. The molecule has 0 bridgehead atoms. The quantitative estimate of drug-likeness (QED) is 0.908. The molecule has 0 radical (unpaired) electrons. The summed E-state index contributed by atoms with van der Waals surface area (Å²) in [6, 6.07) is 4.51. The molecule has 1 fully saturated rings. The van der Waals surface area contributed by atoms with Crippen molar-refractivity contribution in [1.82, 2.24) is 0 Å². The van der Waals surface area contributed by atoms with Gasteiger partial charge in [-0.15, -0.1) is 0 Å². The molecule has 0 aromatic heterocycles. The Morgan fingerprint density at radius 1 is 1.52 bits per heavy atom. The highest BCUT2D eigenvalue weighted by molar-refractivity contribution is 5.90. The molecule has 2 rings (SSSR count). The predicted molar refractivity (Wildman–Crippen MR) is 65.6 cm³/mol. The van der Waals surface area contributed by atoms with Gasteiger partial charge in [0.25, 0.3) is 0 Å². The van der Waals surface area contributed by atoms with Crippen LogP contribution in [0.3, 0.4) is 0 Å². The largest absolute Gasteiger partial charge is 0.447 e. The van der Waals surface area contributed by atoms with E-state index in [2.05, 4.69) is 4.74 Å². The fraction of sp³-hybridized carbons (Fsp3) is 0.385. The van der Waals surface area contributed by atoms with Gasteiger partial charge in [-0.05, 0) is 30.7 Å². The predicted octanol–water partition coefficient (Wildman–Crippen LogP) is 2.12. The fourth-order valence-electron chi connectivity index (χ4n) is 2.11. The van der Waals surface area contributed by atoms with Crippen LogP contribution in [0.1, 0.15) is 11.1 Å². The summed E-state index contributed by atoms with van der Waals surface area (Å²) in [5.41, 5.74) is 0.997. The number of ether oxygens (including phenoxy) is 1. The van der Waals surface area contributed by atoms with Crippen molar-refractivity contribution in [2.75, 3.05) is 11.5 Å². The summed E-state index contributed by atoms with van der Waals surface area (Å²) in [5, 5.41) is 18.2. The third kappa shape index (κ3) is 2.78. The zero-order valence-electron chi connectivity index (χ0n) is 10.9. The highest BCUT2D eigenvalue weighted by Crippen LogP contribution is 2.32. The Bertz CT molecular complexity index is 610. The minimum atomic E-state index is -4.86. The molecule has 112 valence electrons. The van der Waals surface area contributed by atoms with Crippen molar-refractivity contribution in [2.45, 2.75) is 25.2 Å². The van der Waals surface area contributed by atoms with E-state index in [9.17, 15) is 23.1 Å². The lowest BCUT2D eigenvalue weighted by Crippen LogP contribution is -2.49. The number of hydrogen-bond donors (Lipinski definition) is 1. The lowest BCUT2D eigenvalue weighted by molar-refractivity contribution is -0.209. The van der Waals surface area contributed by atoms with Crippen molar-refractivity contribution in [2.24, 2.45) is 0 Å². The first-order valence-corrected chi connectivity index (χ1v) is 5.97. The molecule has 5 nitrogen and oxygen atoms in total. The van der Waals surface area contributed by atoms with Crippen molar-refractivity contribution in [3.63, 3.8) is 0 Å². The topological polar surface area (TPSA) is 73.6 Å². The van der Waals surface area contributed by atoms with E-state index in [0.29, 0.717) is 11.1 Å². The molecule has 0 saturated carbocycles. The molecule has 1 amide bonds. The van der Waals surface area contributed by atoms with Crippen molar-refractivity contribution in [1.29, 1.82) is 5.26 Å². The second-order valence-corrected chi connectivity index (χ2v) is 4.61. The van der Waals surface area contributed by atoms with Gasteiger partial charge in [0, 0.05) is 5.69 Å². The van der Waals surface area contributed by atoms with Crippen molar-refractivity contribution in [3.05, 3.63) is 29.3 Å². The lowest BCUT2D eigenvalue weighted by atomic mass is 10.1. The number of aryl methyl sites for hydroxylation is 1. The van der Waals surface area contributed by atoms with Gasteiger partial charge in [0.2, 0.25) is 0 Å². The Labute approximate surface area is 118 Å². The van der Waals surface area contributed by atoms with Gasteiger partial charge in [-0.1, -0.05) is 0 Å². The maximum Gasteiger partial charge on any atom is 0.416 e. The first-order valence-electron chi connectivity index (χ1n) is 5.97. The molecule has 0 aliphatic carbocycles. The van der Waals surface area contributed by atoms with E-state index in [-0.39, 0.29) is 5.69 Å². The van der Waals surface area contributed by atoms with Gasteiger partial charge >= 0.3 is 12.3 Å². The van der Waals surface area contributed by atoms with Crippen LogP contribution in [0.5, 0.6) is 0 Å². The van der Waals surface area contributed by atoms with Crippen LogP contribution in [0.15, 0.2) is 18.2 Å². The van der Waals surface area contributed by atoms with Gasteiger partial charge in [-0.3, -0.25) is 4.90 Å². The minimum Gasteiger partial charge on any atom is -0.447 e. The van der Waals surface area contributed by atoms with Gasteiger partial charge in [-0.25, -0.2) is 4.79 Å². The average molecular weight is 300 g/mol. The number of halogens is 3. The number of alkyl halides is 3. The molecule has 21 heavy (non-hydrogen) atoms. The Morgan fingerprint density at radius 2 is 2.19 bits per heavy atom. The van der Waals surface area contributed by atoms with Crippen LogP contribution in [0.25, 0.3) is 0 Å². The number of cyclic esters (lactones) is 1. The van der Waals surface area contributed by atoms with Gasteiger partial charge in [0.05, 0.1) is 11.6 Å². The highest BCUT2D eigenvalue weighted by atomic mass is 19.4. The third-order valence-electron chi connectivity index (χ3n) is 3.21. The van der Waals surface area contributed by atoms with Crippen molar-refractivity contribution < 1.29 is 27.8 Å². The molecule has 2 atom stereocenters. The zero-order valence-corrected chi connectivity index (χ0v) is 10.9. The number of nitrogens with zero attached hydrogens (tertiary/aromatic N) is 2. The molecule has 8 heteroatoms. The SMILES string of the molecule is Cc1cc(N2C(=O)OC[C@H]2[C@@H](O)C(F)(F)F)ccc1C#N. The Hall–Kier alpha value is -2.27. The normalized spacial score (nSPS) is 20.1. The summed E-state index contributed by atoms with van der Waals surface area (Å²) < 4.78 is 42.5. The molecule has 1 aliphatic rings. The van der Waals surface area contributed by atoms with E-state index in [0.717, 1.165) is 4.90 Å².